The summed E-state index contributed by atoms with van der Waals surface area (Å²) in [6.45, 7) is 1.37. The van der Waals surface area contributed by atoms with Gasteiger partial charge in [-0.1, -0.05) is 0 Å². The quantitative estimate of drug-likeness (QED) is 0.598. The van der Waals surface area contributed by atoms with E-state index in [1.807, 2.05) is 0 Å². The van der Waals surface area contributed by atoms with E-state index in [0.717, 1.165) is 0 Å². The highest BCUT2D eigenvalue weighted by Crippen LogP contribution is 2.29. The summed E-state index contributed by atoms with van der Waals surface area (Å²) in [6, 6.07) is 0. The number of nitrogens with two attached hydrogens (primary N) is 1. The number of aryl methyl sites for hydroxylation is 1. The van der Waals surface area contributed by atoms with Crippen molar-refractivity contribution in [2.24, 2.45) is 0 Å². The highest BCUT2D eigenvalue weighted by Gasteiger charge is 2.34. The van der Waals surface area contributed by atoms with Crippen LogP contribution in [0.15, 0.2) is 11.0 Å². The fourth-order valence-corrected chi connectivity index (χ4v) is 1.86. The van der Waals surface area contributed by atoms with Gasteiger partial charge in [0, 0.05) is 18.2 Å². The number of aliphatic hydroxyl groups is 2. The Labute approximate surface area is 97.5 Å². The first-order valence-corrected chi connectivity index (χ1v) is 5.32. The molecule has 1 fully saturated rings. The molecule has 2 rings (SSSR count). The van der Waals surface area contributed by atoms with Crippen LogP contribution in [-0.2, 0) is 4.74 Å². The van der Waals surface area contributed by atoms with Crippen molar-refractivity contribution in [2.75, 3.05) is 12.3 Å². The fourth-order valence-electron chi connectivity index (χ4n) is 1.86. The van der Waals surface area contributed by atoms with Crippen LogP contribution in [0.25, 0.3) is 0 Å². The van der Waals surface area contributed by atoms with Crippen molar-refractivity contribution in [1.82, 2.24) is 9.55 Å². The lowest BCUT2D eigenvalue weighted by molar-refractivity contribution is -0.0440. The van der Waals surface area contributed by atoms with Crippen molar-refractivity contribution in [3.63, 3.8) is 0 Å². The molecule has 1 aromatic heterocycles. The minimum atomic E-state index is -0.746. The van der Waals surface area contributed by atoms with E-state index in [1.54, 1.807) is 13.1 Å². The van der Waals surface area contributed by atoms with Gasteiger partial charge in [-0.05, 0) is 6.92 Å². The van der Waals surface area contributed by atoms with E-state index in [-0.39, 0.29) is 18.1 Å². The van der Waals surface area contributed by atoms with Crippen molar-refractivity contribution in [1.29, 1.82) is 0 Å². The molecule has 17 heavy (non-hydrogen) atoms. The van der Waals surface area contributed by atoms with Gasteiger partial charge in [0.2, 0.25) is 5.95 Å². The molecule has 1 saturated heterocycles. The van der Waals surface area contributed by atoms with Crippen molar-refractivity contribution < 1.29 is 14.9 Å². The predicted octanol–water partition coefficient (Wildman–Crippen LogP) is -1.23. The molecule has 0 spiro atoms. The number of hydrogen-bond acceptors (Lipinski definition) is 6. The highest BCUT2D eigenvalue weighted by atomic mass is 16.5. The molecule has 1 aliphatic rings. The maximum atomic E-state index is 11.3. The van der Waals surface area contributed by atoms with Gasteiger partial charge in [-0.15, -0.1) is 0 Å². The normalized spacial score (nSPS) is 28.5. The topological polar surface area (TPSA) is 111 Å². The fraction of sp³-hybridized carbons (Fsp3) is 0.600. The van der Waals surface area contributed by atoms with Crippen LogP contribution in [0.1, 0.15) is 18.2 Å². The van der Waals surface area contributed by atoms with Crippen LogP contribution < -0.4 is 11.3 Å². The van der Waals surface area contributed by atoms with Crippen molar-refractivity contribution >= 4 is 5.95 Å². The third-order valence-electron chi connectivity index (χ3n) is 2.85. The van der Waals surface area contributed by atoms with Crippen LogP contribution in [0, 0.1) is 6.92 Å². The van der Waals surface area contributed by atoms with Crippen LogP contribution in [0.3, 0.4) is 0 Å². The Bertz CT molecular complexity index is 473. The molecule has 0 saturated carbocycles. The van der Waals surface area contributed by atoms with Crippen LogP contribution in [0.5, 0.6) is 0 Å². The Hall–Kier alpha value is -1.44. The summed E-state index contributed by atoms with van der Waals surface area (Å²) in [5.74, 6) is 0.0383. The van der Waals surface area contributed by atoms with E-state index in [4.69, 9.17) is 15.6 Å². The SMILES string of the molecule is Cc1cn(C2CC(O)C(CO)O2)c(N)nc1=O. The van der Waals surface area contributed by atoms with Gasteiger partial charge in [-0.3, -0.25) is 9.36 Å². The molecular formula is C10H15N3O4. The first kappa shape index (κ1) is 12.0. The molecule has 1 aromatic rings. The molecule has 94 valence electrons. The molecule has 0 bridgehead atoms. The molecule has 4 N–H and O–H groups in total. The lowest BCUT2D eigenvalue weighted by Crippen LogP contribution is -2.25. The summed E-state index contributed by atoms with van der Waals surface area (Å²) >= 11 is 0. The van der Waals surface area contributed by atoms with Crippen LogP contribution >= 0.6 is 0 Å². The standard InChI is InChI=1S/C10H15N3O4/c1-5-3-13(10(11)12-9(5)16)8-2-6(15)7(4-14)17-8/h3,6-8,14-15H,2,4H2,1H3,(H2,11,12,16). The maximum absolute atomic E-state index is 11.3. The lowest BCUT2D eigenvalue weighted by atomic mass is 10.2. The summed E-state index contributed by atoms with van der Waals surface area (Å²) in [4.78, 5) is 14.9. The van der Waals surface area contributed by atoms with Crippen LogP contribution in [0.4, 0.5) is 5.95 Å². The monoisotopic (exact) mass is 241 g/mol. The van der Waals surface area contributed by atoms with Gasteiger partial charge in [-0.2, -0.15) is 4.98 Å². The second-order valence-electron chi connectivity index (χ2n) is 4.11. The van der Waals surface area contributed by atoms with Gasteiger partial charge in [0.15, 0.2) is 0 Å². The largest absolute Gasteiger partial charge is 0.394 e. The molecular weight excluding hydrogens is 226 g/mol. The van der Waals surface area contributed by atoms with Gasteiger partial charge in [0.25, 0.3) is 5.56 Å². The third-order valence-corrected chi connectivity index (χ3v) is 2.85. The number of anilines is 1. The van der Waals surface area contributed by atoms with Gasteiger partial charge >= 0.3 is 0 Å². The summed E-state index contributed by atoms with van der Waals surface area (Å²) in [5.41, 5.74) is 5.70. The van der Waals surface area contributed by atoms with Crippen LogP contribution in [0.2, 0.25) is 0 Å². The molecule has 7 heteroatoms. The zero-order chi connectivity index (χ0) is 12.6. The first-order valence-electron chi connectivity index (χ1n) is 5.32. The van der Waals surface area contributed by atoms with E-state index in [9.17, 15) is 9.90 Å². The smallest absolute Gasteiger partial charge is 0.277 e. The molecule has 3 unspecified atom stereocenters. The maximum Gasteiger partial charge on any atom is 0.277 e. The number of rotatable bonds is 2. The lowest BCUT2D eigenvalue weighted by Gasteiger charge is -2.17. The molecule has 3 atom stereocenters. The minimum Gasteiger partial charge on any atom is -0.394 e. The molecule has 0 aromatic carbocycles. The Balaban J connectivity index is 2.30. The number of hydrogen-bond donors (Lipinski definition) is 3. The second-order valence-corrected chi connectivity index (χ2v) is 4.11. The molecule has 7 nitrogen and oxygen atoms in total. The third kappa shape index (κ3) is 2.17. The molecule has 0 amide bonds. The summed E-state index contributed by atoms with van der Waals surface area (Å²) in [6.07, 6.45) is -0.0291. The first-order chi connectivity index (χ1) is 8.02. The average Bonchev–Trinajstić information content (AvgIpc) is 2.65. The van der Waals surface area contributed by atoms with Crippen molar-refractivity contribution in [3.05, 3.63) is 22.1 Å². The number of ether oxygens (including phenoxy) is 1. The van der Waals surface area contributed by atoms with E-state index < -0.39 is 18.4 Å². The average molecular weight is 241 g/mol. The van der Waals surface area contributed by atoms with Gasteiger partial charge in [0.1, 0.15) is 12.3 Å². The minimum absolute atomic E-state index is 0.0383. The number of nitrogen functional groups attached to an aromatic ring is 1. The Morgan fingerprint density at radius 1 is 1.71 bits per heavy atom. The van der Waals surface area contributed by atoms with Crippen molar-refractivity contribution in [3.8, 4) is 0 Å². The van der Waals surface area contributed by atoms with E-state index in [0.29, 0.717) is 12.0 Å². The van der Waals surface area contributed by atoms with E-state index in [2.05, 4.69) is 4.98 Å². The number of nitrogens with zero attached hydrogens (tertiary/aromatic N) is 2. The summed E-state index contributed by atoms with van der Waals surface area (Å²) in [7, 11) is 0. The van der Waals surface area contributed by atoms with Gasteiger partial charge in [-0.25, -0.2) is 0 Å². The van der Waals surface area contributed by atoms with E-state index in [1.165, 1.54) is 4.57 Å². The summed E-state index contributed by atoms with van der Waals surface area (Å²) in [5, 5.41) is 18.6. The molecule has 0 aliphatic carbocycles. The van der Waals surface area contributed by atoms with Crippen molar-refractivity contribution in [2.45, 2.75) is 31.8 Å². The van der Waals surface area contributed by atoms with Gasteiger partial charge < -0.3 is 20.7 Å². The van der Waals surface area contributed by atoms with Crippen LogP contribution in [-0.4, -0.2) is 38.6 Å². The Morgan fingerprint density at radius 2 is 2.41 bits per heavy atom. The number of aromatic nitrogens is 2. The molecule has 1 aliphatic heterocycles. The Kier molecular flexibility index (Phi) is 3.14. The summed E-state index contributed by atoms with van der Waals surface area (Å²) < 4.78 is 6.92. The number of aliphatic hydroxyl groups excluding tert-OH is 2. The zero-order valence-corrected chi connectivity index (χ0v) is 9.41. The molecule has 2 heterocycles. The van der Waals surface area contributed by atoms with Gasteiger partial charge in [0.05, 0.1) is 12.7 Å². The Morgan fingerprint density at radius 3 is 3.00 bits per heavy atom. The zero-order valence-electron chi connectivity index (χ0n) is 9.41. The second kappa shape index (κ2) is 4.44. The molecule has 0 radical (unpaired) electrons. The highest BCUT2D eigenvalue weighted by molar-refractivity contribution is 5.21. The predicted molar refractivity (Wildman–Crippen MR) is 59.3 cm³/mol. The van der Waals surface area contributed by atoms with E-state index >= 15 is 0 Å².